The van der Waals surface area contributed by atoms with Gasteiger partial charge >= 0.3 is 0 Å². The molecule has 1 N–H and O–H groups in total. The van der Waals surface area contributed by atoms with Crippen LogP contribution in [0.25, 0.3) is 0 Å². The predicted octanol–water partition coefficient (Wildman–Crippen LogP) is 1.52. The van der Waals surface area contributed by atoms with E-state index in [2.05, 4.69) is 10.4 Å². The van der Waals surface area contributed by atoms with E-state index in [1.807, 2.05) is 24.1 Å². The van der Waals surface area contributed by atoms with Crippen molar-refractivity contribution in [1.82, 2.24) is 9.78 Å². The Balaban J connectivity index is 1.54. The van der Waals surface area contributed by atoms with Crippen molar-refractivity contribution in [1.29, 1.82) is 0 Å². The van der Waals surface area contributed by atoms with Crippen LogP contribution in [0.15, 0.2) is 12.4 Å². The molecule has 0 radical (unpaired) electrons. The van der Waals surface area contributed by atoms with E-state index in [9.17, 15) is 0 Å². The minimum atomic E-state index is -0.257. The van der Waals surface area contributed by atoms with Crippen LogP contribution in [0.4, 0.5) is 5.69 Å². The summed E-state index contributed by atoms with van der Waals surface area (Å²) in [5.74, 6) is -0.257. The van der Waals surface area contributed by atoms with Gasteiger partial charge in [0.05, 0.1) is 25.1 Å². The maximum Gasteiger partial charge on any atom is 0.168 e. The Hall–Kier alpha value is -1.07. The van der Waals surface area contributed by atoms with E-state index in [0.717, 1.165) is 44.6 Å². The number of nitrogens with one attached hydrogen (secondary N) is 1. The first-order valence-corrected chi connectivity index (χ1v) is 6.29. The zero-order valence-electron chi connectivity index (χ0n) is 10.2. The predicted molar refractivity (Wildman–Crippen MR) is 63.7 cm³/mol. The second-order valence-corrected chi connectivity index (χ2v) is 4.93. The van der Waals surface area contributed by atoms with Crippen molar-refractivity contribution in [3.05, 3.63) is 12.4 Å². The van der Waals surface area contributed by atoms with Gasteiger partial charge in [0.2, 0.25) is 0 Å². The molecule has 1 aromatic heterocycles. The number of aryl methyl sites for hydroxylation is 1. The number of rotatable bonds is 2. The summed E-state index contributed by atoms with van der Waals surface area (Å²) in [6.45, 7) is 1.50. The zero-order valence-corrected chi connectivity index (χ0v) is 10.2. The third kappa shape index (κ3) is 2.30. The van der Waals surface area contributed by atoms with Crippen molar-refractivity contribution in [2.45, 2.75) is 37.5 Å². The van der Waals surface area contributed by atoms with Gasteiger partial charge < -0.3 is 14.8 Å². The maximum absolute atomic E-state index is 5.72. The molecule has 1 aliphatic heterocycles. The lowest BCUT2D eigenvalue weighted by Gasteiger charge is -2.35. The van der Waals surface area contributed by atoms with Crippen LogP contribution in [-0.4, -0.2) is 34.8 Å². The van der Waals surface area contributed by atoms with E-state index >= 15 is 0 Å². The van der Waals surface area contributed by atoms with Crippen LogP contribution in [0.2, 0.25) is 0 Å². The number of hydrogen-bond donors (Lipinski definition) is 1. The minimum absolute atomic E-state index is 0.257. The normalized spacial score (nSPS) is 24.3. The molecular formula is C12H19N3O2. The van der Waals surface area contributed by atoms with Gasteiger partial charge in [-0.25, -0.2) is 0 Å². The first-order chi connectivity index (χ1) is 8.26. The smallest absolute Gasteiger partial charge is 0.168 e. The van der Waals surface area contributed by atoms with Crippen LogP contribution in [0.1, 0.15) is 25.7 Å². The topological polar surface area (TPSA) is 48.3 Å². The molecule has 0 aromatic carbocycles. The molecule has 5 nitrogen and oxygen atoms in total. The molecule has 1 aromatic rings. The molecule has 2 fully saturated rings. The Morgan fingerprint density at radius 3 is 2.65 bits per heavy atom. The van der Waals surface area contributed by atoms with E-state index in [4.69, 9.17) is 9.47 Å². The van der Waals surface area contributed by atoms with E-state index in [0.29, 0.717) is 6.04 Å². The van der Waals surface area contributed by atoms with Crippen LogP contribution < -0.4 is 5.32 Å². The summed E-state index contributed by atoms with van der Waals surface area (Å²) < 4.78 is 13.3. The molecule has 1 saturated heterocycles. The van der Waals surface area contributed by atoms with Gasteiger partial charge in [-0.05, 0) is 12.8 Å². The van der Waals surface area contributed by atoms with Crippen molar-refractivity contribution >= 4 is 5.69 Å². The summed E-state index contributed by atoms with van der Waals surface area (Å²) >= 11 is 0. The van der Waals surface area contributed by atoms with Gasteiger partial charge in [0.25, 0.3) is 0 Å². The van der Waals surface area contributed by atoms with Gasteiger partial charge in [-0.1, -0.05) is 0 Å². The van der Waals surface area contributed by atoms with Crippen molar-refractivity contribution in [3.63, 3.8) is 0 Å². The molecular weight excluding hydrogens is 218 g/mol. The Morgan fingerprint density at radius 2 is 2.06 bits per heavy atom. The van der Waals surface area contributed by atoms with Crippen LogP contribution in [0, 0.1) is 0 Å². The second kappa shape index (κ2) is 4.31. The number of aromatic nitrogens is 2. The third-order valence-corrected chi connectivity index (χ3v) is 3.64. The SMILES string of the molecule is Cn1cc(NC2CCC3(CC2)OCCO3)cn1. The molecule has 5 heteroatoms. The Bertz CT molecular complexity index is 375. The Kier molecular flexibility index (Phi) is 2.80. The minimum Gasteiger partial charge on any atom is -0.380 e. The second-order valence-electron chi connectivity index (χ2n) is 4.93. The number of nitrogens with zero attached hydrogens (tertiary/aromatic N) is 2. The van der Waals surface area contributed by atoms with E-state index in [1.165, 1.54) is 0 Å². The van der Waals surface area contributed by atoms with Gasteiger partial charge in [0.1, 0.15) is 0 Å². The summed E-state index contributed by atoms with van der Waals surface area (Å²) in [5, 5.41) is 7.67. The number of hydrogen-bond acceptors (Lipinski definition) is 4. The van der Waals surface area contributed by atoms with E-state index in [-0.39, 0.29) is 5.79 Å². The maximum atomic E-state index is 5.72. The molecule has 2 heterocycles. The van der Waals surface area contributed by atoms with Crippen molar-refractivity contribution in [2.75, 3.05) is 18.5 Å². The van der Waals surface area contributed by atoms with Crippen LogP contribution in [-0.2, 0) is 16.5 Å². The molecule has 0 bridgehead atoms. The monoisotopic (exact) mass is 237 g/mol. The number of anilines is 1. The molecule has 1 aliphatic carbocycles. The lowest BCUT2D eigenvalue weighted by molar-refractivity contribution is -0.177. The van der Waals surface area contributed by atoms with Crippen molar-refractivity contribution in [2.24, 2.45) is 7.05 Å². The fourth-order valence-corrected chi connectivity index (χ4v) is 2.72. The average Bonchev–Trinajstić information content (AvgIpc) is 2.93. The molecule has 0 atom stereocenters. The van der Waals surface area contributed by atoms with Crippen LogP contribution >= 0.6 is 0 Å². The summed E-state index contributed by atoms with van der Waals surface area (Å²) in [4.78, 5) is 0. The molecule has 0 amide bonds. The summed E-state index contributed by atoms with van der Waals surface area (Å²) in [6, 6.07) is 0.512. The number of ether oxygens (including phenoxy) is 2. The Morgan fingerprint density at radius 1 is 1.35 bits per heavy atom. The summed E-state index contributed by atoms with van der Waals surface area (Å²) in [5.41, 5.74) is 1.10. The molecule has 0 unspecified atom stereocenters. The van der Waals surface area contributed by atoms with Crippen molar-refractivity contribution < 1.29 is 9.47 Å². The highest BCUT2D eigenvalue weighted by Crippen LogP contribution is 2.36. The average molecular weight is 237 g/mol. The zero-order chi connectivity index (χ0) is 11.7. The standard InChI is InChI=1S/C12H19N3O2/c1-15-9-11(8-13-15)14-10-2-4-12(5-3-10)16-6-7-17-12/h8-10,14H,2-7H2,1H3. The fourth-order valence-electron chi connectivity index (χ4n) is 2.72. The summed E-state index contributed by atoms with van der Waals surface area (Å²) in [6.07, 6.45) is 8.04. The third-order valence-electron chi connectivity index (χ3n) is 3.64. The lowest BCUT2D eigenvalue weighted by atomic mass is 9.90. The largest absolute Gasteiger partial charge is 0.380 e. The highest BCUT2D eigenvalue weighted by atomic mass is 16.7. The van der Waals surface area contributed by atoms with Gasteiger partial charge in [-0.15, -0.1) is 0 Å². The van der Waals surface area contributed by atoms with Crippen LogP contribution in [0.3, 0.4) is 0 Å². The highest BCUT2D eigenvalue weighted by Gasteiger charge is 2.40. The first kappa shape index (κ1) is 11.0. The van der Waals surface area contributed by atoms with Gasteiger partial charge in [-0.2, -0.15) is 5.10 Å². The van der Waals surface area contributed by atoms with E-state index < -0.39 is 0 Å². The summed E-state index contributed by atoms with van der Waals surface area (Å²) in [7, 11) is 1.93. The Labute approximate surface area is 101 Å². The molecule has 1 saturated carbocycles. The van der Waals surface area contributed by atoms with Gasteiger partial charge in [-0.3, -0.25) is 4.68 Å². The fraction of sp³-hybridized carbons (Fsp3) is 0.750. The molecule has 3 rings (SSSR count). The highest BCUT2D eigenvalue weighted by molar-refractivity contribution is 5.39. The molecule has 17 heavy (non-hydrogen) atoms. The molecule has 1 spiro atoms. The van der Waals surface area contributed by atoms with E-state index in [1.54, 1.807) is 0 Å². The molecule has 94 valence electrons. The quantitative estimate of drug-likeness (QED) is 0.847. The van der Waals surface area contributed by atoms with Gasteiger partial charge in [0.15, 0.2) is 5.79 Å². The van der Waals surface area contributed by atoms with Crippen molar-refractivity contribution in [3.8, 4) is 0 Å². The van der Waals surface area contributed by atoms with Gasteiger partial charge in [0, 0.05) is 32.1 Å². The van der Waals surface area contributed by atoms with Crippen LogP contribution in [0.5, 0.6) is 0 Å². The molecule has 2 aliphatic rings. The lowest BCUT2D eigenvalue weighted by Crippen LogP contribution is -2.39. The first-order valence-electron chi connectivity index (χ1n) is 6.29.